The summed E-state index contributed by atoms with van der Waals surface area (Å²) in [5.41, 5.74) is 0. The number of hydrogen-bond donors (Lipinski definition) is 1. The van der Waals surface area contributed by atoms with Crippen LogP contribution in [0.15, 0.2) is 60.7 Å². The van der Waals surface area contributed by atoms with Crippen LogP contribution in [-0.2, 0) is 9.22 Å². The maximum absolute atomic E-state index is 10.9. The van der Waals surface area contributed by atoms with Crippen molar-refractivity contribution in [2.24, 2.45) is 5.92 Å². The lowest BCUT2D eigenvalue weighted by Gasteiger charge is -2.43. The largest absolute Gasteiger partial charge is 0.481 e. The molecule has 0 radical (unpaired) electrons. The first kappa shape index (κ1) is 20.4. The van der Waals surface area contributed by atoms with Gasteiger partial charge in [0.25, 0.3) is 8.32 Å². The third-order valence-corrected chi connectivity index (χ3v) is 9.86. The van der Waals surface area contributed by atoms with Gasteiger partial charge in [0, 0.05) is 13.0 Å². The Labute approximate surface area is 158 Å². The Bertz CT molecular complexity index is 653. The summed E-state index contributed by atoms with van der Waals surface area (Å²) in [5, 5.41) is 11.4. The number of carbonyl (C=O) groups is 1. The van der Waals surface area contributed by atoms with Crippen LogP contribution in [-0.4, -0.2) is 26.0 Å². The van der Waals surface area contributed by atoms with Gasteiger partial charge in [-0.25, -0.2) is 0 Å². The molecule has 0 spiro atoms. The Morgan fingerprint density at radius 2 is 1.46 bits per heavy atom. The first-order valence-electron chi connectivity index (χ1n) is 9.24. The summed E-state index contributed by atoms with van der Waals surface area (Å²) in [5.74, 6) is -0.546. The monoisotopic (exact) mass is 370 g/mol. The van der Waals surface area contributed by atoms with Gasteiger partial charge in [-0.05, 0) is 27.8 Å². The van der Waals surface area contributed by atoms with Gasteiger partial charge in [0.1, 0.15) is 0 Å². The van der Waals surface area contributed by atoms with Crippen molar-refractivity contribution in [3.05, 3.63) is 60.7 Å². The normalized spacial score (nSPS) is 13.4. The third kappa shape index (κ3) is 4.62. The fourth-order valence-corrected chi connectivity index (χ4v) is 8.17. The Kier molecular flexibility index (Phi) is 6.79. The van der Waals surface area contributed by atoms with Crippen LogP contribution in [0.3, 0.4) is 0 Å². The molecule has 2 rings (SSSR count). The molecule has 0 aliphatic heterocycles. The summed E-state index contributed by atoms with van der Waals surface area (Å²) in [7, 11) is -2.52. The van der Waals surface area contributed by atoms with Crippen molar-refractivity contribution in [3.63, 3.8) is 0 Å². The highest BCUT2D eigenvalue weighted by molar-refractivity contribution is 6.99. The zero-order chi connectivity index (χ0) is 19.2. The van der Waals surface area contributed by atoms with E-state index in [9.17, 15) is 4.79 Å². The molecule has 0 fully saturated rings. The number of aliphatic carboxylic acids is 1. The van der Waals surface area contributed by atoms with E-state index >= 15 is 0 Å². The van der Waals surface area contributed by atoms with Gasteiger partial charge in [-0.1, -0.05) is 88.4 Å². The highest BCUT2D eigenvalue weighted by Gasteiger charge is 2.50. The molecule has 4 heteroatoms. The fraction of sp³-hybridized carbons (Fsp3) is 0.409. The molecule has 1 atom stereocenters. The SMILES string of the molecule is C[C@@H](CCC(=O)O)CO[Si](c1ccccc1)(c1ccccc1)C(C)(C)C. The number of carboxylic acids is 1. The fourth-order valence-electron chi connectivity index (χ4n) is 3.48. The van der Waals surface area contributed by atoms with Gasteiger partial charge in [0.2, 0.25) is 0 Å². The molecule has 1 N–H and O–H groups in total. The van der Waals surface area contributed by atoms with Crippen LogP contribution in [0.2, 0.25) is 5.04 Å². The van der Waals surface area contributed by atoms with E-state index in [1.165, 1.54) is 10.4 Å². The van der Waals surface area contributed by atoms with E-state index < -0.39 is 14.3 Å². The molecule has 0 saturated carbocycles. The van der Waals surface area contributed by atoms with Gasteiger partial charge in [-0.15, -0.1) is 0 Å². The minimum atomic E-state index is -2.52. The van der Waals surface area contributed by atoms with Crippen molar-refractivity contribution >= 4 is 24.7 Å². The van der Waals surface area contributed by atoms with Crippen LogP contribution in [0.25, 0.3) is 0 Å². The lowest BCUT2D eigenvalue weighted by molar-refractivity contribution is -0.137. The number of rotatable bonds is 8. The van der Waals surface area contributed by atoms with E-state index in [-0.39, 0.29) is 17.4 Å². The van der Waals surface area contributed by atoms with Crippen molar-refractivity contribution < 1.29 is 14.3 Å². The van der Waals surface area contributed by atoms with Crippen LogP contribution in [0.4, 0.5) is 0 Å². The Morgan fingerprint density at radius 3 is 1.85 bits per heavy atom. The van der Waals surface area contributed by atoms with E-state index in [1.807, 2.05) is 12.1 Å². The van der Waals surface area contributed by atoms with Crippen molar-refractivity contribution in [3.8, 4) is 0 Å². The highest BCUT2D eigenvalue weighted by Crippen LogP contribution is 2.37. The van der Waals surface area contributed by atoms with E-state index in [4.69, 9.17) is 9.53 Å². The molecule has 2 aromatic carbocycles. The minimum absolute atomic E-state index is 0.0533. The third-order valence-electron chi connectivity index (χ3n) is 4.85. The Balaban J connectivity index is 2.42. The summed E-state index contributed by atoms with van der Waals surface area (Å²) in [4.78, 5) is 10.9. The molecule has 0 amide bonds. The summed E-state index contributed by atoms with van der Waals surface area (Å²) < 4.78 is 6.81. The van der Waals surface area contributed by atoms with Crippen molar-refractivity contribution in [1.82, 2.24) is 0 Å². The lowest BCUT2D eigenvalue weighted by atomic mass is 10.1. The molecule has 26 heavy (non-hydrogen) atoms. The van der Waals surface area contributed by atoms with Crippen molar-refractivity contribution in [2.45, 2.75) is 45.6 Å². The Hall–Kier alpha value is -1.91. The van der Waals surface area contributed by atoms with Crippen LogP contribution in [0.1, 0.15) is 40.5 Å². The molecule has 3 nitrogen and oxygen atoms in total. The van der Waals surface area contributed by atoms with Crippen LogP contribution >= 0.6 is 0 Å². The molecule has 0 aromatic heterocycles. The second kappa shape index (κ2) is 8.65. The van der Waals surface area contributed by atoms with Gasteiger partial charge in [0.15, 0.2) is 0 Å². The summed E-state index contributed by atoms with van der Waals surface area (Å²) in [6.45, 7) is 9.39. The molecule has 0 aliphatic carbocycles. The van der Waals surface area contributed by atoms with Crippen LogP contribution in [0, 0.1) is 5.92 Å². The summed E-state index contributed by atoms with van der Waals surface area (Å²) >= 11 is 0. The summed E-state index contributed by atoms with van der Waals surface area (Å²) in [6.07, 6.45) is 0.818. The van der Waals surface area contributed by atoms with E-state index in [1.54, 1.807) is 0 Å². The van der Waals surface area contributed by atoms with E-state index in [2.05, 4.69) is 76.2 Å². The van der Waals surface area contributed by atoms with Crippen molar-refractivity contribution in [1.29, 1.82) is 0 Å². The van der Waals surface area contributed by atoms with Gasteiger partial charge < -0.3 is 9.53 Å². The van der Waals surface area contributed by atoms with Gasteiger partial charge in [-0.3, -0.25) is 4.79 Å². The molecular formula is C22H30O3Si. The van der Waals surface area contributed by atoms with Gasteiger partial charge in [0.05, 0.1) is 0 Å². The highest BCUT2D eigenvalue weighted by atomic mass is 28.4. The number of hydrogen-bond acceptors (Lipinski definition) is 2. The van der Waals surface area contributed by atoms with Crippen LogP contribution < -0.4 is 10.4 Å². The Morgan fingerprint density at radius 1 is 1.00 bits per heavy atom. The maximum atomic E-state index is 10.9. The van der Waals surface area contributed by atoms with Gasteiger partial charge >= 0.3 is 5.97 Å². The molecule has 0 bridgehead atoms. The van der Waals surface area contributed by atoms with E-state index in [0.717, 1.165) is 0 Å². The maximum Gasteiger partial charge on any atom is 0.303 e. The molecule has 0 unspecified atom stereocenters. The number of benzene rings is 2. The average Bonchev–Trinajstić information content (AvgIpc) is 2.61. The zero-order valence-electron chi connectivity index (χ0n) is 16.2. The molecular weight excluding hydrogens is 340 g/mol. The van der Waals surface area contributed by atoms with Crippen molar-refractivity contribution in [2.75, 3.05) is 6.61 Å². The first-order chi connectivity index (χ1) is 12.3. The average molecular weight is 371 g/mol. The minimum Gasteiger partial charge on any atom is -0.481 e. The second-order valence-electron chi connectivity index (χ2n) is 8.01. The quantitative estimate of drug-likeness (QED) is 0.713. The number of carboxylic acid groups (broad SMARTS) is 1. The first-order valence-corrected chi connectivity index (χ1v) is 11.1. The second-order valence-corrected chi connectivity index (χ2v) is 12.3. The zero-order valence-corrected chi connectivity index (χ0v) is 17.2. The molecule has 0 heterocycles. The standard InChI is InChI=1S/C22H30O3Si/c1-18(15-16-21(23)24)17-25-26(22(2,3)4,19-11-7-5-8-12-19)20-13-9-6-10-14-20/h5-14,18H,15-17H2,1-4H3,(H,23,24)/t18-/m0/s1. The van der Waals surface area contributed by atoms with E-state index in [0.29, 0.717) is 13.0 Å². The lowest BCUT2D eigenvalue weighted by Crippen LogP contribution is -2.66. The molecule has 0 saturated heterocycles. The summed E-state index contributed by atoms with van der Waals surface area (Å²) in [6, 6.07) is 21.0. The molecule has 2 aromatic rings. The van der Waals surface area contributed by atoms with Crippen LogP contribution in [0.5, 0.6) is 0 Å². The predicted octanol–water partition coefficient (Wildman–Crippen LogP) is 4.06. The molecule has 0 aliphatic rings. The predicted molar refractivity (Wildman–Crippen MR) is 110 cm³/mol. The van der Waals surface area contributed by atoms with Gasteiger partial charge in [-0.2, -0.15) is 0 Å². The smallest absolute Gasteiger partial charge is 0.303 e. The molecule has 140 valence electrons. The topological polar surface area (TPSA) is 46.5 Å².